The summed E-state index contributed by atoms with van der Waals surface area (Å²) in [6.45, 7) is 4.90. The monoisotopic (exact) mass is 401 g/mol. The first kappa shape index (κ1) is 18.6. The van der Waals surface area contributed by atoms with Gasteiger partial charge in [-0.2, -0.15) is 5.10 Å². The van der Waals surface area contributed by atoms with E-state index in [9.17, 15) is 14.0 Å². The van der Waals surface area contributed by atoms with Crippen molar-refractivity contribution in [3.8, 4) is 5.69 Å². The number of thiophene rings is 1. The third-order valence-corrected chi connectivity index (χ3v) is 5.96. The van der Waals surface area contributed by atoms with Crippen LogP contribution in [0.1, 0.15) is 35.1 Å². The van der Waals surface area contributed by atoms with E-state index >= 15 is 0 Å². The molecule has 0 spiro atoms. The number of esters is 1. The first-order valence-corrected chi connectivity index (χ1v) is 10.0. The normalized spacial score (nSPS) is 15.2. The van der Waals surface area contributed by atoms with E-state index in [0.29, 0.717) is 10.6 Å². The second-order valence-electron chi connectivity index (χ2n) is 6.88. The van der Waals surface area contributed by atoms with Gasteiger partial charge in [-0.15, -0.1) is 11.3 Å². The summed E-state index contributed by atoms with van der Waals surface area (Å²) in [5.41, 5.74) is 1.47. The van der Waals surface area contributed by atoms with Crippen LogP contribution >= 0.6 is 11.3 Å². The number of hydrogen-bond donors (Lipinski definition) is 0. The zero-order chi connectivity index (χ0) is 19.8. The lowest BCUT2D eigenvalue weighted by Crippen LogP contribution is -2.38. The number of amides is 1. The number of benzene rings is 1. The molecule has 0 saturated carbocycles. The number of nitrogens with zero attached hydrogens (tertiary/aromatic N) is 3. The van der Waals surface area contributed by atoms with Gasteiger partial charge in [-0.25, -0.2) is 13.9 Å². The van der Waals surface area contributed by atoms with Crippen molar-refractivity contribution in [2.75, 3.05) is 13.1 Å². The van der Waals surface area contributed by atoms with Crippen molar-refractivity contribution in [1.82, 2.24) is 14.7 Å². The predicted molar refractivity (Wildman–Crippen MR) is 104 cm³/mol. The largest absolute Gasteiger partial charge is 0.448 e. The molecule has 1 amide bonds. The van der Waals surface area contributed by atoms with Crippen LogP contribution in [-0.4, -0.2) is 45.8 Å². The molecule has 1 aromatic carbocycles. The van der Waals surface area contributed by atoms with Crippen LogP contribution in [0.15, 0.2) is 30.3 Å². The molecule has 0 unspecified atom stereocenters. The number of carbonyl (C=O) groups excluding carboxylic acids is 2. The Morgan fingerprint density at radius 2 is 1.89 bits per heavy atom. The van der Waals surface area contributed by atoms with Crippen molar-refractivity contribution < 1.29 is 18.7 Å². The first-order valence-electron chi connectivity index (χ1n) is 9.19. The van der Waals surface area contributed by atoms with E-state index in [2.05, 4.69) is 5.10 Å². The average molecular weight is 401 g/mol. The average Bonchev–Trinajstić information content (AvgIpc) is 3.40. The molecule has 146 valence electrons. The summed E-state index contributed by atoms with van der Waals surface area (Å²) < 4.78 is 20.3. The molecular weight excluding hydrogens is 381 g/mol. The van der Waals surface area contributed by atoms with Gasteiger partial charge in [0.1, 0.15) is 15.5 Å². The minimum absolute atomic E-state index is 0.152. The molecule has 0 radical (unpaired) electrons. The van der Waals surface area contributed by atoms with Crippen LogP contribution in [-0.2, 0) is 9.53 Å². The molecule has 6 nitrogen and oxygen atoms in total. The standard InChI is InChI=1S/C20H20FN3O3S/c1-12-16-11-17(20(26)27-13(2)18(25)23-9-3-4-10-23)28-19(16)24(22-12)15-7-5-14(21)6-8-15/h5-8,11,13H,3-4,9-10H2,1-2H3/t13-/m1/s1. The molecule has 4 rings (SSSR count). The smallest absolute Gasteiger partial charge is 0.349 e. The quantitative estimate of drug-likeness (QED) is 0.626. The van der Waals surface area contributed by atoms with Crippen molar-refractivity contribution in [2.24, 2.45) is 0 Å². The minimum Gasteiger partial charge on any atom is -0.448 e. The zero-order valence-electron chi connectivity index (χ0n) is 15.6. The van der Waals surface area contributed by atoms with Crippen molar-refractivity contribution in [1.29, 1.82) is 0 Å². The lowest BCUT2D eigenvalue weighted by Gasteiger charge is -2.20. The molecule has 1 aliphatic rings. The van der Waals surface area contributed by atoms with E-state index in [-0.39, 0.29) is 11.7 Å². The zero-order valence-corrected chi connectivity index (χ0v) is 16.5. The van der Waals surface area contributed by atoms with E-state index in [0.717, 1.165) is 41.8 Å². The maximum Gasteiger partial charge on any atom is 0.349 e. The molecule has 2 aromatic heterocycles. The summed E-state index contributed by atoms with van der Waals surface area (Å²) in [4.78, 5) is 27.9. The summed E-state index contributed by atoms with van der Waals surface area (Å²) in [5.74, 6) is -0.997. The molecule has 1 atom stereocenters. The molecule has 8 heteroatoms. The number of hydrogen-bond acceptors (Lipinski definition) is 5. The van der Waals surface area contributed by atoms with Gasteiger partial charge in [-0.05, 0) is 57.0 Å². The highest BCUT2D eigenvalue weighted by Gasteiger charge is 2.27. The number of aromatic nitrogens is 2. The summed E-state index contributed by atoms with van der Waals surface area (Å²) >= 11 is 1.25. The van der Waals surface area contributed by atoms with E-state index in [1.807, 2.05) is 6.92 Å². The summed E-state index contributed by atoms with van der Waals surface area (Å²) in [7, 11) is 0. The number of rotatable bonds is 4. The number of halogens is 1. The summed E-state index contributed by atoms with van der Waals surface area (Å²) in [6.07, 6.45) is 1.16. The Morgan fingerprint density at radius 3 is 2.57 bits per heavy atom. The Labute approximate surface area is 165 Å². The summed E-state index contributed by atoms with van der Waals surface area (Å²) in [5, 5.41) is 5.32. The minimum atomic E-state index is -0.814. The van der Waals surface area contributed by atoms with Crippen molar-refractivity contribution in [3.05, 3.63) is 46.7 Å². The lowest BCUT2D eigenvalue weighted by atomic mass is 10.3. The van der Waals surface area contributed by atoms with Crippen LogP contribution in [0.4, 0.5) is 4.39 Å². The second kappa shape index (κ2) is 7.35. The van der Waals surface area contributed by atoms with Gasteiger partial charge < -0.3 is 9.64 Å². The molecule has 1 saturated heterocycles. The highest BCUT2D eigenvalue weighted by atomic mass is 32.1. The maximum atomic E-state index is 13.2. The number of likely N-dealkylation sites (tertiary alicyclic amines) is 1. The van der Waals surface area contributed by atoms with Crippen molar-refractivity contribution >= 4 is 33.4 Å². The van der Waals surface area contributed by atoms with Crippen molar-refractivity contribution in [3.63, 3.8) is 0 Å². The van der Waals surface area contributed by atoms with Gasteiger partial charge in [0.05, 0.1) is 11.4 Å². The van der Waals surface area contributed by atoms with Crippen LogP contribution in [0.2, 0.25) is 0 Å². The Hall–Kier alpha value is -2.74. The lowest BCUT2D eigenvalue weighted by molar-refractivity contribution is -0.138. The van der Waals surface area contributed by atoms with Crippen LogP contribution in [0.25, 0.3) is 15.9 Å². The van der Waals surface area contributed by atoms with E-state index in [1.165, 1.54) is 23.5 Å². The molecule has 0 bridgehead atoms. The Balaban J connectivity index is 1.57. The molecule has 3 aromatic rings. The Bertz CT molecular complexity index is 1040. The number of aryl methyl sites for hydroxylation is 1. The van der Waals surface area contributed by atoms with Gasteiger partial charge in [0.15, 0.2) is 6.10 Å². The SMILES string of the molecule is Cc1nn(-c2ccc(F)cc2)c2sc(C(=O)O[C@H](C)C(=O)N3CCCC3)cc12. The van der Waals surface area contributed by atoms with E-state index in [1.54, 1.807) is 34.7 Å². The molecule has 1 fully saturated rings. The van der Waals surface area contributed by atoms with Gasteiger partial charge in [0.2, 0.25) is 0 Å². The van der Waals surface area contributed by atoms with Crippen LogP contribution in [0.5, 0.6) is 0 Å². The first-order chi connectivity index (χ1) is 13.4. The highest BCUT2D eigenvalue weighted by molar-refractivity contribution is 7.20. The molecule has 0 N–H and O–H groups in total. The predicted octanol–water partition coefficient (Wildman–Crippen LogP) is 3.70. The van der Waals surface area contributed by atoms with Gasteiger partial charge >= 0.3 is 5.97 Å². The van der Waals surface area contributed by atoms with Crippen molar-refractivity contribution in [2.45, 2.75) is 32.8 Å². The van der Waals surface area contributed by atoms with Gasteiger partial charge in [-0.1, -0.05) is 0 Å². The third kappa shape index (κ3) is 3.40. The fourth-order valence-electron chi connectivity index (χ4n) is 3.37. The van der Waals surface area contributed by atoms with Gasteiger partial charge in [0.25, 0.3) is 5.91 Å². The molecule has 0 aliphatic carbocycles. The number of fused-ring (bicyclic) bond motifs is 1. The van der Waals surface area contributed by atoms with Crippen LogP contribution < -0.4 is 0 Å². The molecule has 3 heterocycles. The topological polar surface area (TPSA) is 64.4 Å². The highest BCUT2D eigenvalue weighted by Crippen LogP contribution is 2.31. The fourth-order valence-corrected chi connectivity index (χ4v) is 4.43. The number of carbonyl (C=O) groups is 2. The molecule has 1 aliphatic heterocycles. The Kier molecular flexibility index (Phi) is 4.89. The molecular formula is C20H20FN3O3S. The maximum absolute atomic E-state index is 13.2. The fraction of sp³-hybridized carbons (Fsp3) is 0.350. The third-order valence-electron chi connectivity index (χ3n) is 4.87. The van der Waals surface area contributed by atoms with Crippen LogP contribution in [0, 0.1) is 12.7 Å². The van der Waals surface area contributed by atoms with Crippen LogP contribution in [0.3, 0.4) is 0 Å². The summed E-state index contributed by atoms with van der Waals surface area (Å²) in [6, 6.07) is 7.74. The Morgan fingerprint density at radius 1 is 1.21 bits per heavy atom. The number of ether oxygens (including phenoxy) is 1. The van der Waals surface area contributed by atoms with E-state index < -0.39 is 12.1 Å². The molecule has 28 heavy (non-hydrogen) atoms. The van der Waals surface area contributed by atoms with Gasteiger partial charge in [0, 0.05) is 18.5 Å². The van der Waals surface area contributed by atoms with E-state index in [4.69, 9.17) is 4.74 Å². The van der Waals surface area contributed by atoms with Gasteiger partial charge in [-0.3, -0.25) is 4.79 Å². The second-order valence-corrected chi connectivity index (χ2v) is 7.91.